The van der Waals surface area contributed by atoms with Crippen LogP contribution in [0.5, 0.6) is 0 Å². The van der Waals surface area contributed by atoms with Gasteiger partial charge in [-0.2, -0.15) is 0 Å². The van der Waals surface area contributed by atoms with Crippen LogP contribution < -0.4 is 16.2 Å². The molecule has 0 saturated heterocycles. The van der Waals surface area contributed by atoms with Gasteiger partial charge >= 0.3 is 0 Å². The van der Waals surface area contributed by atoms with E-state index in [4.69, 9.17) is 18.2 Å². The fraction of sp³-hybridized carbons (Fsp3) is 0.211. The van der Waals surface area contributed by atoms with Gasteiger partial charge in [0, 0.05) is 11.3 Å². The largest absolute Gasteiger partial charge is 0.391 e. The average Bonchev–Trinajstić information content (AvgIpc) is 2.66. The van der Waals surface area contributed by atoms with E-state index in [1.54, 1.807) is 13.0 Å². The van der Waals surface area contributed by atoms with Crippen LogP contribution in [0.1, 0.15) is 22.8 Å². The highest BCUT2D eigenvalue weighted by Crippen LogP contribution is 2.33. The van der Waals surface area contributed by atoms with E-state index in [0.29, 0.717) is 11.3 Å². The Labute approximate surface area is 166 Å². The Kier molecular flexibility index (Phi) is 6.93. The number of halogens is 2. The Morgan fingerprint density at radius 1 is 1.25 bits per heavy atom. The molecule has 2 amide bonds. The summed E-state index contributed by atoms with van der Waals surface area (Å²) >= 11 is 6.12. The first kappa shape index (κ1) is 21.2. The molecule has 0 aliphatic carbocycles. The Balaban J connectivity index is 2.09. The van der Waals surface area contributed by atoms with E-state index in [-0.39, 0.29) is 16.3 Å². The van der Waals surface area contributed by atoms with Crippen molar-refractivity contribution in [3.8, 4) is 0 Å². The fourth-order valence-electron chi connectivity index (χ4n) is 2.38. The minimum Gasteiger partial charge on any atom is -0.391 e. The molecule has 0 bridgehead atoms. The van der Waals surface area contributed by atoms with Crippen molar-refractivity contribution in [2.24, 2.45) is 0 Å². The Hall–Kier alpha value is -3.15. The first-order valence-corrected chi connectivity index (χ1v) is 8.59. The van der Waals surface area contributed by atoms with Gasteiger partial charge in [-0.25, -0.2) is 9.24 Å². The van der Waals surface area contributed by atoms with Crippen LogP contribution >= 0.6 is 11.6 Å². The molecule has 0 aliphatic heterocycles. The molecule has 28 heavy (non-hydrogen) atoms. The van der Waals surface area contributed by atoms with Gasteiger partial charge in [0.05, 0.1) is 17.7 Å². The highest BCUT2D eigenvalue weighted by molar-refractivity contribution is 6.34. The summed E-state index contributed by atoms with van der Waals surface area (Å²) in [5.41, 5.74) is 5.65. The maximum atomic E-state index is 13.2. The lowest BCUT2D eigenvalue weighted by molar-refractivity contribution is -0.124. The molecule has 2 rings (SSSR count). The van der Waals surface area contributed by atoms with E-state index in [1.807, 2.05) is 0 Å². The van der Waals surface area contributed by atoms with Crippen LogP contribution in [0.4, 0.5) is 15.8 Å². The predicted octanol–water partition coefficient (Wildman–Crippen LogP) is 2.96. The Bertz CT molecular complexity index is 943. The van der Waals surface area contributed by atoms with Crippen molar-refractivity contribution < 1.29 is 19.1 Å². The van der Waals surface area contributed by atoms with E-state index in [0.717, 1.165) is 6.07 Å². The number of rotatable bonds is 5. The Morgan fingerprint density at radius 2 is 1.96 bits per heavy atom. The molecule has 0 fully saturated rings. The zero-order chi connectivity index (χ0) is 20.8. The molecule has 4 N–H and O–H groups in total. The zero-order valence-electron chi connectivity index (χ0n) is 15.1. The molecule has 0 radical (unpaired) electrons. The number of amides is 2. The van der Waals surface area contributed by atoms with E-state index >= 15 is 0 Å². The average molecular weight is 405 g/mol. The summed E-state index contributed by atoms with van der Waals surface area (Å²) in [7, 11) is 0. The van der Waals surface area contributed by atoms with Gasteiger partial charge in [0.25, 0.3) is 11.8 Å². The summed E-state index contributed by atoms with van der Waals surface area (Å²) in [6, 6.07) is 6.91. The van der Waals surface area contributed by atoms with Gasteiger partial charge in [0.2, 0.25) is 5.69 Å². The number of hydrazine groups is 1. The van der Waals surface area contributed by atoms with Crippen molar-refractivity contribution in [3.05, 3.63) is 69.8 Å². The van der Waals surface area contributed by atoms with E-state index < -0.39 is 29.8 Å². The number of hydrogen-bond acceptors (Lipinski definition) is 4. The fourth-order valence-corrected chi connectivity index (χ4v) is 2.59. The number of carbonyl (C=O) groups is 2. The quantitative estimate of drug-likeness (QED) is 0.455. The van der Waals surface area contributed by atoms with Crippen LogP contribution in [0.15, 0.2) is 36.4 Å². The molecular formula is C19H18ClFN4O3. The minimum atomic E-state index is -1.12. The summed E-state index contributed by atoms with van der Waals surface area (Å²) < 4.78 is 13.2. The van der Waals surface area contributed by atoms with Gasteiger partial charge in [-0.15, -0.1) is 0 Å². The molecule has 2 aromatic rings. The van der Waals surface area contributed by atoms with Gasteiger partial charge < -0.3 is 10.4 Å². The first-order valence-electron chi connectivity index (χ1n) is 8.21. The summed E-state index contributed by atoms with van der Waals surface area (Å²) in [4.78, 5) is 27.7. The molecule has 9 heteroatoms. The lowest BCUT2D eigenvalue weighted by Crippen LogP contribution is -2.52. The van der Waals surface area contributed by atoms with Gasteiger partial charge in [-0.1, -0.05) is 23.7 Å². The number of carbonyl (C=O) groups excluding carboxylic acids is 2. The standard InChI is InChI=1S/C19H18ClFN4O3/c1-10-14(7-8-15(22-3)16(10)20)23-17(11(2)26)19(28)25-24-18(27)12-5-4-6-13(21)9-12/h4-9,11,17,23,26H,1-2H3,(H,24,27)(H,25,28)/t11-,17+/m0/s1. The van der Waals surface area contributed by atoms with Gasteiger partial charge in [0.1, 0.15) is 11.9 Å². The van der Waals surface area contributed by atoms with Crippen LogP contribution in [-0.4, -0.2) is 29.1 Å². The van der Waals surface area contributed by atoms with Crippen molar-refractivity contribution in [3.63, 3.8) is 0 Å². The number of aliphatic hydroxyl groups excluding tert-OH is 1. The van der Waals surface area contributed by atoms with Crippen molar-refractivity contribution in [1.29, 1.82) is 0 Å². The van der Waals surface area contributed by atoms with E-state index in [1.165, 1.54) is 31.2 Å². The monoisotopic (exact) mass is 404 g/mol. The molecule has 0 aliphatic rings. The number of nitrogens with zero attached hydrogens (tertiary/aromatic N) is 1. The van der Waals surface area contributed by atoms with E-state index in [2.05, 4.69) is 21.0 Å². The molecule has 0 unspecified atom stereocenters. The van der Waals surface area contributed by atoms with Gasteiger partial charge in [-0.3, -0.25) is 20.4 Å². The lowest BCUT2D eigenvalue weighted by Gasteiger charge is -2.23. The van der Waals surface area contributed by atoms with Crippen molar-refractivity contribution >= 4 is 34.8 Å². The van der Waals surface area contributed by atoms with Crippen molar-refractivity contribution in [2.75, 3.05) is 5.32 Å². The normalized spacial score (nSPS) is 12.4. The lowest BCUT2D eigenvalue weighted by atomic mass is 10.1. The number of anilines is 1. The SMILES string of the molecule is [C-]#[N+]c1ccc(N[C@@H](C(=O)NNC(=O)c2cccc(F)c2)[C@H](C)O)c(C)c1Cl. The van der Waals surface area contributed by atoms with Gasteiger partial charge in [0.15, 0.2) is 0 Å². The summed E-state index contributed by atoms with van der Waals surface area (Å²) in [6.07, 6.45) is -1.12. The third-order valence-corrected chi connectivity index (χ3v) is 4.43. The van der Waals surface area contributed by atoms with Crippen molar-refractivity contribution in [1.82, 2.24) is 10.9 Å². The van der Waals surface area contributed by atoms with Crippen LogP contribution in [0.2, 0.25) is 5.02 Å². The molecule has 0 saturated carbocycles. The van der Waals surface area contributed by atoms with Crippen LogP contribution in [0.3, 0.4) is 0 Å². The number of benzene rings is 2. The van der Waals surface area contributed by atoms with Crippen molar-refractivity contribution in [2.45, 2.75) is 26.0 Å². The topological polar surface area (TPSA) is 94.8 Å². The highest BCUT2D eigenvalue weighted by atomic mass is 35.5. The number of hydrogen-bond donors (Lipinski definition) is 4. The molecule has 2 atom stereocenters. The number of aliphatic hydroxyl groups is 1. The summed E-state index contributed by atoms with van der Waals surface area (Å²) in [6.45, 7) is 10.1. The molecule has 0 spiro atoms. The molecule has 0 heterocycles. The molecule has 7 nitrogen and oxygen atoms in total. The first-order chi connectivity index (χ1) is 13.2. The summed E-state index contributed by atoms with van der Waals surface area (Å²) in [5, 5.41) is 13.0. The predicted molar refractivity (Wildman–Crippen MR) is 104 cm³/mol. The molecule has 146 valence electrons. The Morgan fingerprint density at radius 3 is 2.57 bits per heavy atom. The maximum absolute atomic E-state index is 13.2. The second-order valence-corrected chi connectivity index (χ2v) is 6.38. The van der Waals surface area contributed by atoms with Crippen LogP contribution in [0.25, 0.3) is 4.85 Å². The zero-order valence-corrected chi connectivity index (χ0v) is 15.8. The van der Waals surface area contributed by atoms with Crippen LogP contribution in [-0.2, 0) is 4.79 Å². The highest BCUT2D eigenvalue weighted by Gasteiger charge is 2.25. The van der Waals surface area contributed by atoms with Crippen LogP contribution in [0, 0.1) is 19.3 Å². The molecular weight excluding hydrogens is 387 g/mol. The molecule has 2 aromatic carbocycles. The third kappa shape index (κ3) is 4.97. The second-order valence-electron chi connectivity index (χ2n) is 6.00. The molecule has 0 aromatic heterocycles. The smallest absolute Gasteiger partial charge is 0.269 e. The number of nitrogens with one attached hydrogen (secondary N) is 3. The maximum Gasteiger partial charge on any atom is 0.269 e. The second kappa shape index (κ2) is 9.17. The third-order valence-electron chi connectivity index (χ3n) is 3.95. The summed E-state index contributed by atoms with van der Waals surface area (Å²) in [5.74, 6) is -2.01. The van der Waals surface area contributed by atoms with Gasteiger partial charge in [-0.05, 0) is 43.7 Å². The van der Waals surface area contributed by atoms with E-state index in [9.17, 15) is 19.1 Å². The minimum absolute atomic E-state index is 0.0271.